The van der Waals surface area contributed by atoms with Gasteiger partial charge in [-0.3, -0.25) is 4.79 Å². The van der Waals surface area contributed by atoms with E-state index >= 15 is 0 Å². The molecule has 0 unspecified atom stereocenters. The van der Waals surface area contributed by atoms with Crippen molar-refractivity contribution in [1.29, 1.82) is 0 Å². The fourth-order valence-corrected chi connectivity index (χ4v) is 4.05. The number of nitrogens with one attached hydrogen (secondary N) is 1. The second-order valence-corrected chi connectivity index (χ2v) is 7.74. The minimum Gasteiger partial charge on any atom is -0.390 e. The van der Waals surface area contributed by atoms with Crippen molar-refractivity contribution in [3.8, 4) is 0 Å². The lowest BCUT2D eigenvalue weighted by molar-refractivity contribution is -0.143. The number of hydrogen-bond acceptors (Lipinski definition) is 4. The summed E-state index contributed by atoms with van der Waals surface area (Å²) in [6, 6.07) is 6.23. The Morgan fingerprint density at radius 2 is 1.84 bits per heavy atom. The molecule has 3 rings (SSSR count). The molecule has 2 atom stereocenters. The van der Waals surface area contributed by atoms with E-state index in [9.17, 15) is 15.0 Å². The summed E-state index contributed by atoms with van der Waals surface area (Å²) in [6.45, 7) is 4.89. The number of aliphatic hydroxyl groups excluding tert-OH is 2. The Morgan fingerprint density at radius 3 is 2.48 bits per heavy atom. The summed E-state index contributed by atoms with van der Waals surface area (Å²) in [4.78, 5) is 15.1. The molecular weight excluding hydrogens is 316 g/mol. The van der Waals surface area contributed by atoms with Crippen molar-refractivity contribution in [2.45, 2.75) is 70.1 Å². The molecule has 1 aromatic rings. The Balaban J connectivity index is 1.82. The van der Waals surface area contributed by atoms with E-state index in [1.54, 1.807) is 4.90 Å². The molecule has 138 valence electrons. The van der Waals surface area contributed by atoms with Crippen LogP contribution in [0.15, 0.2) is 18.2 Å². The monoisotopic (exact) mass is 346 g/mol. The molecule has 0 radical (unpaired) electrons. The second kappa shape index (κ2) is 7.34. The number of rotatable bonds is 3. The van der Waals surface area contributed by atoms with Gasteiger partial charge in [0, 0.05) is 18.8 Å². The third kappa shape index (κ3) is 3.82. The Bertz CT molecular complexity index is 625. The molecule has 1 amide bonds. The zero-order valence-corrected chi connectivity index (χ0v) is 15.3. The lowest BCUT2D eigenvalue weighted by Gasteiger charge is -2.43. The highest BCUT2D eigenvalue weighted by molar-refractivity contribution is 5.90. The summed E-state index contributed by atoms with van der Waals surface area (Å²) in [7, 11) is 0. The van der Waals surface area contributed by atoms with Crippen molar-refractivity contribution >= 4 is 11.6 Å². The topological polar surface area (TPSA) is 72.8 Å². The fourth-order valence-electron chi connectivity index (χ4n) is 4.05. The number of hydrogen-bond donors (Lipinski definition) is 3. The van der Waals surface area contributed by atoms with Gasteiger partial charge in [0.05, 0.1) is 12.2 Å². The number of amides is 1. The molecular formula is C20H30N2O3. The van der Waals surface area contributed by atoms with Crippen LogP contribution in [0.4, 0.5) is 5.69 Å². The molecule has 5 nitrogen and oxygen atoms in total. The molecule has 1 heterocycles. The number of nitrogens with zero attached hydrogens (tertiary/aromatic N) is 1. The normalized spacial score (nSPS) is 26.3. The number of benzene rings is 1. The van der Waals surface area contributed by atoms with Gasteiger partial charge in [-0.05, 0) is 56.4 Å². The number of aliphatic hydroxyl groups is 2. The number of piperidine rings is 1. The van der Waals surface area contributed by atoms with E-state index in [1.165, 1.54) is 11.1 Å². The molecule has 0 spiro atoms. The first kappa shape index (κ1) is 18.2. The average Bonchev–Trinajstić information content (AvgIpc) is 2.61. The third-order valence-electron chi connectivity index (χ3n) is 5.84. The van der Waals surface area contributed by atoms with Gasteiger partial charge in [0.15, 0.2) is 0 Å². The molecule has 1 aliphatic heterocycles. The molecule has 2 fully saturated rings. The van der Waals surface area contributed by atoms with Crippen LogP contribution in [0.2, 0.25) is 0 Å². The molecule has 1 saturated heterocycles. The third-order valence-corrected chi connectivity index (χ3v) is 5.84. The lowest BCUT2D eigenvalue weighted by Crippen LogP contribution is -2.59. The number of aryl methyl sites for hydroxylation is 2. The average molecular weight is 346 g/mol. The summed E-state index contributed by atoms with van der Waals surface area (Å²) in [5.41, 5.74) is 2.83. The summed E-state index contributed by atoms with van der Waals surface area (Å²) >= 11 is 0. The molecule has 2 aliphatic rings. The zero-order valence-electron chi connectivity index (χ0n) is 15.3. The van der Waals surface area contributed by atoms with Gasteiger partial charge in [-0.15, -0.1) is 0 Å². The van der Waals surface area contributed by atoms with Crippen LogP contribution in [0.3, 0.4) is 0 Å². The second-order valence-electron chi connectivity index (χ2n) is 7.74. The Hall–Kier alpha value is -1.59. The fraction of sp³-hybridized carbons (Fsp3) is 0.650. The van der Waals surface area contributed by atoms with Gasteiger partial charge in [0.1, 0.15) is 5.54 Å². The zero-order chi connectivity index (χ0) is 18.0. The van der Waals surface area contributed by atoms with E-state index in [2.05, 4.69) is 31.3 Å². The first-order valence-corrected chi connectivity index (χ1v) is 9.42. The predicted octanol–water partition coefficient (Wildman–Crippen LogP) is 2.37. The van der Waals surface area contributed by atoms with Gasteiger partial charge in [-0.1, -0.05) is 25.3 Å². The maximum absolute atomic E-state index is 13.4. The van der Waals surface area contributed by atoms with Crippen LogP contribution in [0.5, 0.6) is 0 Å². The van der Waals surface area contributed by atoms with Crippen LogP contribution in [-0.2, 0) is 4.79 Å². The van der Waals surface area contributed by atoms with E-state index in [0.29, 0.717) is 13.0 Å². The van der Waals surface area contributed by atoms with Crippen LogP contribution < -0.4 is 5.32 Å². The number of anilines is 1. The largest absolute Gasteiger partial charge is 0.390 e. The maximum Gasteiger partial charge on any atom is 0.248 e. The number of carbonyl (C=O) groups is 1. The lowest BCUT2D eigenvalue weighted by atomic mass is 9.79. The van der Waals surface area contributed by atoms with Crippen molar-refractivity contribution in [3.05, 3.63) is 29.3 Å². The van der Waals surface area contributed by atoms with Gasteiger partial charge < -0.3 is 20.4 Å². The van der Waals surface area contributed by atoms with E-state index in [0.717, 1.165) is 37.8 Å². The van der Waals surface area contributed by atoms with Crippen LogP contribution in [-0.4, -0.2) is 51.9 Å². The number of β-amino-alcohol motifs (C(OH)–C–C–N with tert-alkyl or cyclic N) is 1. The molecule has 25 heavy (non-hydrogen) atoms. The summed E-state index contributed by atoms with van der Waals surface area (Å²) in [5, 5.41) is 23.3. The highest BCUT2D eigenvalue weighted by atomic mass is 16.3. The van der Waals surface area contributed by atoms with Crippen LogP contribution in [0.1, 0.15) is 49.7 Å². The summed E-state index contributed by atoms with van der Waals surface area (Å²) in [6.07, 6.45) is 3.71. The standard InChI is InChI=1S/C20H30N2O3/c1-14-6-7-16(12-15(14)2)21-20(9-4-3-5-10-20)19(25)22-11-8-17(23)18(24)13-22/h6-7,12,17-18,21,23-24H,3-5,8-11,13H2,1-2H3/t17-,18-/m1/s1. The molecule has 3 N–H and O–H groups in total. The highest BCUT2D eigenvalue weighted by Crippen LogP contribution is 2.34. The quantitative estimate of drug-likeness (QED) is 0.786. The van der Waals surface area contributed by atoms with Crippen LogP contribution >= 0.6 is 0 Å². The molecule has 5 heteroatoms. The van der Waals surface area contributed by atoms with Crippen molar-refractivity contribution in [2.75, 3.05) is 18.4 Å². The first-order chi connectivity index (χ1) is 11.9. The van der Waals surface area contributed by atoms with Gasteiger partial charge in [-0.25, -0.2) is 0 Å². The Labute approximate surface area is 150 Å². The van der Waals surface area contributed by atoms with E-state index in [4.69, 9.17) is 0 Å². The van der Waals surface area contributed by atoms with Crippen molar-refractivity contribution in [1.82, 2.24) is 4.90 Å². The van der Waals surface area contributed by atoms with Crippen LogP contribution in [0, 0.1) is 13.8 Å². The van der Waals surface area contributed by atoms with E-state index in [-0.39, 0.29) is 12.5 Å². The van der Waals surface area contributed by atoms with E-state index < -0.39 is 17.7 Å². The van der Waals surface area contributed by atoms with Crippen molar-refractivity contribution in [2.24, 2.45) is 0 Å². The van der Waals surface area contributed by atoms with Gasteiger partial charge in [-0.2, -0.15) is 0 Å². The van der Waals surface area contributed by atoms with Gasteiger partial charge in [0.2, 0.25) is 5.91 Å². The van der Waals surface area contributed by atoms with Crippen molar-refractivity contribution < 1.29 is 15.0 Å². The molecule has 1 aromatic carbocycles. The van der Waals surface area contributed by atoms with Crippen molar-refractivity contribution in [3.63, 3.8) is 0 Å². The van der Waals surface area contributed by atoms with Gasteiger partial charge in [0.25, 0.3) is 0 Å². The number of carbonyl (C=O) groups excluding carboxylic acids is 1. The smallest absolute Gasteiger partial charge is 0.248 e. The SMILES string of the molecule is Cc1ccc(NC2(C(=O)N3CC[C@@H](O)[C@H](O)C3)CCCCC2)cc1C. The summed E-state index contributed by atoms with van der Waals surface area (Å²) in [5.74, 6) is 0.0661. The number of likely N-dealkylation sites (tertiary alicyclic amines) is 1. The minimum absolute atomic E-state index is 0.0661. The molecule has 1 aliphatic carbocycles. The highest BCUT2D eigenvalue weighted by Gasteiger charge is 2.43. The molecule has 0 bridgehead atoms. The minimum atomic E-state index is -0.847. The first-order valence-electron chi connectivity index (χ1n) is 9.42. The van der Waals surface area contributed by atoms with E-state index in [1.807, 2.05) is 6.07 Å². The molecule has 0 aromatic heterocycles. The Morgan fingerprint density at radius 1 is 1.12 bits per heavy atom. The molecule has 1 saturated carbocycles. The van der Waals surface area contributed by atoms with Crippen LogP contribution in [0.25, 0.3) is 0 Å². The summed E-state index contributed by atoms with van der Waals surface area (Å²) < 4.78 is 0. The predicted molar refractivity (Wildman–Crippen MR) is 98.6 cm³/mol. The maximum atomic E-state index is 13.4. The Kier molecular flexibility index (Phi) is 5.35. The van der Waals surface area contributed by atoms with Gasteiger partial charge >= 0.3 is 0 Å².